The highest BCUT2D eigenvalue weighted by molar-refractivity contribution is 5.74. The monoisotopic (exact) mass is 550 g/mol. The Morgan fingerprint density at radius 3 is 1.50 bits per heavy atom. The van der Waals surface area contributed by atoms with E-state index in [9.17, 15) is 9.90 Å². The van der Waals surface area contributed by atoms with Crippen molar-refractivity contribution in [2.75, 3.05) is 0 Å². The summed E-state index contributed by atoms with van der Waals surface area (Å²) in [5.74, 6) is 0.608. The van der Waals surface area contributed by atoms with Crippen LogP contribution in [-0.4, -0.2) is 11.1 Å². The number of hydrogen-bond acceptors (Lipinski definition) is 3. The van der Waals surface area contributed by atoms with Crippen molar-refractivity contribution in [2.45, 2.75) is 157 Å². The van der Waals surface area contributed by atoms with E-state index in [-0.39, 0.29) is 33.5 Å². The van der Waals surface area contributed by atoms with E-state index in [1.54, 1.807) is 0 Å². The molecule has 0 bridgehead atoms. The van der Waals surface area contributed by atoms with E-state index in [2.05, 4.69) is 114 Å². The molecule has 1 unspecified atom stereocenters. The van der Waals surface area contributed by atoms with Gasteiger partial charge in [0.15, 0.2) is 0 Å². The van der Waals surface area contributed by atoms with Crippen molar-refractivity contribution in [2.24, 2.45) is 0 Å². The Kier molecular flexibility index (Phi) is 10.4. The summed E-state index contributed by atoms with van der Waals surface area (Å²) in [6, 6.07) is 8.93. The Labute approximate surface area is 246 Å². The largest absolute Gasteiger partial charge is 0.507 e. The van der Waals surface area contributed by atoms with E-state index in [1.165, 1.54) is 11.1 Å². The third-order valence-electron chi connectivity index (χ3n) is 10.3. The summed E-state index contributed by atoms with van der Waals surface area (Å²) in [5.41, 5.74) is 5.93. The molecule has 0 aromatic heterocycles. The van der Waals surface area contributed by atoms with Gasteiger partial charge in [-0.25, -0.2) is 0 Å². The minimum atomic E-state index is -0.234. The van der Waals surface area contributed by atoms with Crippen molar-refractivity contribution in [3.63, 3.8) is 0 Å². The first-order valence-corrected chi connectivity index (χ1v) is 15.6. The Bertz CT molecular complexity index is 1200. The molecule has 0 radical (unpaired) electrons. The highest BCUT2D eigenvalue weighted by atomic mass is 16.5. The van der Waals surface area contributed by atoms with Crippen molar-refractivity contribution in [1.29, 1.82) is 0 Å². The van der Waals surface area contributed by atoms with Crippen LogP contribution >= 0.6 is 0 Å². The molecule has 224 valence electrons. The van der Waals surface area contributed by atoms with Crippen LogP contribution in [0.5, 0.6) is 11.5 Å². The van der Waals surface area contributed by atoms with E-state index in [0.717, 1.165) is 47.9 Å². The van der Waals surface area contributed by atoms with E-state index >= 15 is 0 Å². The van der Waals surface area contributed by atoms with Gasteiger partial charge < -0.3 is 9.84 Å². The molecule has 1 atom stereocenters. The molecule has 0 aliphatic carbocycles. The molecule has 0 saturated heterocycles. The molecule has 2 rings (SSSR count). The zero-order valence-corrected chi connectivity index (χ0v) is 28.2. The minimum absolute atomic E-state index is 0.0420. The van der Waals surface area contributed by atoms with Gasteiger partial charge in [-0.2, -0.15) is 0 Å². The first kappa shape index (κ1) is 33.9. The summed E-state index contributed by atoms with van der Waals surface area (Å²) in [6.07, 6.45) is 4.11. The minimum Gasteiger partial charge on any atom is -0.507 e. The van der Waals surface area contributed by atoms with Crippen molar-refractivity contribution in [3.8, 4) is 11.5 Å². The Hall–Kier alpha value is -2.29. The van der Waals surface area contributed by atoms with E-state index in [0.29, 0.717) is 17.9 Å². The van der Waals surface area contributed by atoms with Crippen LogP contribution in [0.25, 0.3) is 0 Å². The zero-order chi connectivity index (χ0) is 30.8. The molecule has 2 aromatic carbocycles. The lowest BCUT2D eigenvalue weighted by Gasteiger charge is -2.34. The first-order valence-electron chi connectivity index (χ1n) is 15.6. The molecule has 0 aliphatic rings. The molecule has 0 aliphatic heterocycles. The Morgan fingerprint density at radius 2 is 1.07 bits per heavy atom. The van der Waals surface area contributed by atoms with Gasteiger partial charge in [-0.1, -0.05) is 121 Å². The van der Waals surface area contributed by atoms with Crippen LogP contribution in [0.15, 0.2) is 24.3 Å². The number of aromatic hydroxyl groups is 1. The number of benzene rings is 2. The molecular weight excluding hydrogens is 492 g/mol. The fourth-order valence-electron chi connectivity index (χ4n) is 5.02. The van der Waals surface area contributed by atoms with Gasteiger partial charge in [0.2, 0.25) is 0 Å². The summed E-state index contributed by atoms with van der Waals surface area (Å²) in [7, 11) is 0. The second-order valence-electron chi connectivity index (χ2n) is 14.4. The van der Waals surface area contributed by atoms with Crippen molar-refractivity contribution in [1.82, 2.24) is 0 Å². The predicted molar refractivity (Wildman–Crippen MR) is 171 cm³/mol. The third kappa shape index (κ3) is 6.77. The molecule has 0 amide bonds. The molecular formula is C37H58O3. The van der Waals surface area contributed by atoms with Gasteiger partial charge in [0.1, 0.15) is 11.5 Å². The summed E-state index contributed by atoms with van der Waals surface area (Å²) in [4.78, 5) is 12.8. The van der Waals surface area contributed by atoms with Crippen LogP contribution in [0.1, 0.15) is 168 Å². The molecule has 0 saturated carbocycles. The molecule has 40 heavy (non-hydrogen) atoms. The van der Waals surface area contributed by atoms with Gasteiger partial charge in [-0.15, -0.1) is 0 Å². The van der Waals surface area contributed by atoms with Crippen molar-refractivity contribution >= 4 is 5.97 Å². The SMILES string of the molecule is CCC(=O)Oc1c(C(C)c2cc(C(C)(C)CC)cc(C(C)(C)CC)c2O)cc(C(C)(C)CC)cc1C(C)(C)CC. The average Bonchev–Trinajstić information content (AvgIpc) is 2.92. The fraction of sp³-hybridized carbons (Fsp3) is 0.649. The summed E-state index contributed by atoms with van der Waals surface area (Å²) in [5, 5.41) is 11.9. The van der Waals surface area contributed by atoms with E-state index < -0.39 is 0 Å². The maximum absolute atomic E-state index is 12.8. The highest BCUT2D eigenvalue weighted by Gasteiger charge is 2.34. The average molecular weight is 551 g/mol. The quantitative estimate of drug-likeness (QED) is 0.211. The number of phenols is 1. The number of rotatable bonds is 12. The normalized spacial score (nSPS) is 13.8. The lowest BCUT2D eigenvalue weighted by molar-refractivity contribution is -0.134. The summed E-state index contributed by atoms with van der Waals surface area (Å²) < 4.78 is 6.21. The maximum atomic E-state index is 12.8. The maximum Gasteiger partial charge on any atom is 0.310 e. The number of carbonyl (C=O) groups is 1. The molecule has 3 heteroatoms. The molecule has 0 spiro atoms. The number of esters is 1. The van der Waals surface area contributed by atoms with E-state index in [1.807, 2.05) is 6.92 Å². The van der Waals surface area contributed by atoms with Gasteiger partial charge in [0.25, 0.3) is 0 Å². The van der Waals surface area contributed by atoms with Crippen LogP contribution in [0.4, 0.5) is 0 Å². The molecule has 1 N–H and O–H groups in total. The topological polar surface area (TPSA) is 46.5 Å². The third-order valence-corrected chi connectivity index (χ3v) is 10.3. The first-order chi connectivity index (χ1) is 18.3. The van der Waals surface area contributed by atoms with Crippen LogP contribution in [-0.2, 0) is 26.5 Å². The van der Waals surface area contributed by atoms with E-state index in [4.69, 9.17) is 4.74 Å². The molecule has 3 nitrogen and oxygen atoms in total. The molecule has 0 heterocycles. The van der Waals surface area contributed by atoms with Gasteiger partial charge >= 0.3 is 5.97 Å². The van der Waals surface area contributed by atoms with Gasteiger partial charge in [-0.3, -0.25) is 4.79 Å². The summed E-state index contributed by atoms with van der Waals surface area (Å²) in [6.45, 7) is 30.8. The van der Waals surface area contributed by atoms with Crippen LogP contribution in [0.2, 0.25) is 0 Å². The Balaban J connectivity index is 3.09. The zero-order valence-electron chi connectivity index (χ0n) is 28.2. The van der Waals surface area contributed by atoms with Gasteiger partial charge in [-0.05, 0) is 58.5 Å². The lowest BCUT2D eigenvalue weighted by atomic mass is 9.71. The van der Waals surface area contributed by atoms with Gasteiger partial charge in [0.05, 0.1) is 0 Å². The second-order valence-corrected chi connectivity index (χ2v) is 14.4. The lowest BCUT2D eigenvalue weighted by Crippen LogP contribution is -2.24. The van der Waals surface area contributed by atoms with Crippen LogP contribution < -0.4 is 4.74 Å². The Morgan fingerprint density at radius 1 is 0.675 bits per heavy atom. The highest BCUT2D eigenvalue weighted by Crippen LogP contribution is 2.48. The van der Waals surface area contributed by atoms with Crippen molar-refractivity contribution < 1.29 is 14.6 Å². The number of phenolic OH excluding ortho intramolecular Hbond substituents is 1. The number of carbonyl (C=O) groups excluding carboxylic acids is 1. The van der Waals surface area contributed by atoms with Crippen molar-refractivity contribution in [3.05, 3.63) is 57.6 Å². The molecule has 2 aromatic rings. The second kappa shape index (κ2) is 12.3. The van der Waals surface area contributed by atoms with Crippen LogP contribution in [0.3, 0.4) is 0 Å². The van der Waals surface area contributed by atoms with Crippen LogP contribution in [0, 0.1) is 0 Å². The predicted octanol–water partition coefficient (Wildman–Crippen LogP) is 10.6. The smallest absolute Gasteiger partial charge is 0.310 e. The number of ether oxygens (including phenoxy) is 1. The molecule has 0 fully saturated rings. The summed E-state index contributed by atoms with van der Waals surface area (Å²) >= 11 is 0. The standard InChI is InChI=1S/C37H58O3/c1-15-31(38)40-33-28(21-26(35(9,10)17-3)23-30(33)37(13,14)19-5)24(6)27-20-25(34(7,8)16-2)22-29(32(27)39)36(11,12)18-4/h20-24,39H,15-19H2,1-14H3. The number of hydrogen-bond donors (Lipinski definition) is 1. The fourth-order valence-corrected chi connectivity index (χ4v) is 5.02. The van der Waals surface area contributed by atoms with Gasteiger partial charge in [0, 0.05) is 34.6 Å².